The third-order valence-corrected chi connectivity index (χ3v) is 5.52. The van der Waals surface area contributed by atoms with Crippen LogP contribution in [0.5, 0.6) is 5.75 Å². The van der Waals surface area contributed by atoms with Crippen LogP contribution in [0.4, 0.5) is 4.39 Å². The number of halogens is 1. The highest BCUT2D eigenvalue weighted by atomic mass is 32.2. The summed E-state index contributed by atoms with van der Waals surface area (Å²) in [4.78, 5) is 11.0. The summed E-state index contributed by atoms with van der Waals surface area (Å²) in [6, 6.07) is 2.10. The van der Waals surface area contributed by atoms with Crippen molar-refractivity contribution >= 4 is 16.0 Å². The molecule has 23 heavy (non-hydrogen) atoms. The van der Waals surface area contributed by atoms with Gasteiger partial charge in [-0.1, -0.05) is 0 Å². The van der Waals surface area contributed by atoms with Crippen LogP contribution in [0.15, 0.2) is 23.1 Å². The minimum Gasteiger partial charge on any atom is -0.490 e. The zero-order chi connectivity index (χ0) is 17.2. The number of benzene rings is 1. The van der Waals surface area contributed by atoms with Gasteiger partial charge in [-0.2, -0.15) is 4.31 Å². The molecule has 6 nitrogen and oxygen atoms in total. The van der Waals surface area contributed by atoms with Gasteiger partial charge in [0.05, 0.1) is 6.10 Å². The van der Waals surface area contributed by atoms with Crippen molar-refractivity contribution in [3.8, 4) is 5.75 Å². The number of ether oxygens (including phenoxy) is 1. The fourth-order valence-electron chi connectivity index (χ4n) is 2.60. The number of nitrogens with zero attached hydrogens (tertiary/aromatic N) is 1. The largest absolute Gasteiger partial charge is 0.490 e. The number of rotatable bonds is 5. The van der Waals surface area contributed by atoms with Gasteiger partial charge in [-0.25, -0.2) is 12.8 Å². The van der Waals surface area contributed by atoms with Crippen molar-refractivity contribution < 1.29 is 27.4 Å². The van der Waals surface area contributed by atoms with Crippen LogP contribution in [0.25, 0.3) is 0 Å². The first-order chi connectivity index (χ1) is 10.7. The van der Waals surface area contributed by atoms with Crippen LogP contribution in [0.1, 0.15) is 33.1 Å². The standard InChI is InChI=1S/C15H20FNO5S/c1-10(2)22-13-7-6-11(16)9-14(13)23(20,21)17-8-4-3-5-12(17)15(18)19/h6-7,9-10,12H,3-5,8H2,1-2H3,(H,18,19)/t12-/m1/s1. The van der Waals surface area contributed by atoms with Gasteiger partial charge in [0.2, 0.25) is 10.0 Å². The Balaban J connectivity index is 2.49. The maximum Gasteiger partial charge on any atom is 0.322 e. The Labute approximate surface area is 134 Å². The third-order valence-electron chi connectivity index (χ3n) is 3.59. The van der Waals surface area contributed by atoms with Gasteiger partial charge in [0.1, 0.15) is 22.5 Å². The first-order valence-electron chi connectivity index (χ1n) is 7.44. The monoisotopic (exact) mass is 345 g/mol. The van der Waals surface area contributed by atoms with Crippen LogP contribution in [0.2, 0.25) is 0 Å². The van der Waals surface area contributed by atoms with Crippen LogP contribution in [-0.2, 0) is 14.8 Å². The first-order valence-corrected chi connectivity index (χ1v) is 8.88. The molecule has 1 aromatic carbocycles. The van der Waals surface area contributed by atoms with Crippen LogP contribution in [-0.4, -0.2) is 42.5 Å². The lowest BCUT2D eigenvalue weighted by molar-refractivity contribution is -0.142. The molecule has 1 saturated heterocycles. The van der Waals surface area contributed by atoms with E-state index in [9.17, 15) is 22.7 Å². The predicted molar refractivity (Wildman–Crippen MR) is 81.3 cm³/mol. The van der Waals surface area contributed by atoms with Crippen molar-refractivity contribution in [1.82, 2.24) is 4.31 Å². The summed E-state index contributed by atoms with van der Waals surface area (Å²) < 4.78 is 45.7. The molecule has 0 spiro atoms. The Morgan fingerprint density at radius 2 is 2.09 bits per heavy atom. The van der Waals surface area contributed by atoms with Crippen molar-refractivity contribution in [1.29, 1.82) is 0 Å². The van der Waals surface area contributed by atoms with Crippen LogP contribution in [0.3, 0.4) is 0 Å². The molecule has 1 aromatic rings. The van der Waals surface area contributed by atoms with Crippen molar-refractivity contribution in [3.05, 3.63) is 24.0 Å². The summed E-state index contributed by atoms with van der Waals surface area (Å²) in [6.45, 7) is 3.54. The highest BCUT2D eigenvalue weighted by molar-refractivity contribution is 7.89. The van der Waals surface area contributed by atoms with E-state index in [-0.39, 0.29) is 29.7 Å². The second-order valence-electron chi connectivity index (χ2n) is 5.72. The Bertz CT molecular complexity index is 689. The molecule has 1 N–H and O–H groups in total. The zero-order valence-corrected chi connectivity index (χ0v) is 13.8. The topological polar surface area (TPSA) is 83.9 Å². The minimum absolute atomic E-state index is 0.0242. The fourth-order valence-corrected chi connectivity index (χ4v) is 4.39. The summed E-state index contributed by atoms with van der Waals surface area (Å²) in [5.41, 5.74) is 0. The van der Waals surface area contributed by atoms with E-state index in [0.29, 0.717) is 12.8 Å². The van der Waals surface area contributed by atoms with E-state index in [0.717, 1.165) is 16.4 Å². The van der Waals surface area contributed by atoms with Gasteiger partial charge in [0.15, 0.2) is 0 Å². The SMILES string of the molecule is CC(C)Oc1ccc(F)cc1S(=O)(=O)N1CCCC[C@@H]1C(=O)O. The quantitative estimate of drug-likeness (QED) is 0.885. The normalized spacial score (nSPS) is 19.7. The highest BCUT2D eigenvalue weighted by Crippen LogP contribution is 2.32. The molecule has 0 aromatic heterocycles. The highest BCUT2D eigenvalue weighted by Gasteiger charge is 2.39. The summed E-state index contributed by atoms with van der Waals surface area (Å²) in [7, 11) is -4.17. The molecule has 1 aliphatic rings. The molecule has 0 radical (unpaired) electrons. The van der Waals surface area contributed by atoms with E-state index >= 15 is 0 Å². The second kappa shape index (κ2) is 6.84. The third kappa shape index (κ3) is 3.81. The number of hydrogen-bond donors (Lipinski definition) is 1. The molecular weight excluding hydrogens is 325 g/mol. The van der Waals surface area contributed by atoms with Gasteiger partial charge in [0.25, 0.3) is 0 Å². The van der Waals surface area contributed by atoms with Gasteiger partial charge >= 0.3 is 5.97 Å². The molecule has 1 atom stereocenters. The maximum atomic E-state index is 13.6. The lowest BCUT2D eigenvalue weighted by Gasteiger charge is -2.32. The minimum atomic E-state index is -4.17. The number of hydrogen-bond acceptors (Lipinski definition) is 4. The molecule has 0 saturated carbocycles. The van der Waals surface area contributed by atoms with Crippen molar-refractivity contribution in [2.45, 2.75) is 50.2 Å². The molecule has 128 valence electrons. The molecule has 0 aliphatic carbocycles. The van der Waals surface area contributed by atoms with Crippen LogP contribution >= 0.6 is 0 Å². The van der Waals surface area contributed by atoms with Crippen LogP contribution in [0, 0.1) is 5.82 Å². The van der Waals surface area contributed by atoms with E-state index < -0.39 is 27.9 Å². The molecule has 8 heteroatoms. The Kier molecular flexibility index (Phi) is 5.26. The molecule has 1 fully saturated rings. The number of carboxylic acids is 1. The smallest absolute Gasteiger partial charge is 0.322 e. The average molecular weight is 345 g/mol. The number of sulfonamides is 1. The number of piperidine rings is 1. The number of carboxylic acid groups (broad SMARTS) is 1. The molecule has 1 heterocycles. The lowest BCUT2D eigenvalue weighted by atomic mass is 10.1. The fraction of sp³-hybridized carbons (Fsp3) is 0.533. The molecule has 0 bridgehead atoms. The second-order valence-corrected chi connectivity index (χ2v) is 7.58. The van der Waals surface area contributed by atoms with Gasteiger partial charge < -0.3 is 9.84 Å². The van der Waals surface area contributed by atoms with Gasteiger partial charge in [-0.15, -0.1) is 0 Å². The number of aliphatic carboxylic acids is 1. The van der Waals surface area contributed by atoms with Crippen LogP contribution < -0.4 is 4.74 Å². The summed E-state index contributed by atoms with van der Waals surface area (Å²) >= 11 is 0. The summed E-state index contributed by atoms with van der Waals surface area (Å²) in [5, 5.41) is 9.28. The average Bonchev–Trinajstić information content (AvgIpc) is 2.48. The summed E-state index contributed by atoms with van der Waals surface area (Å²) in [6.07, 6.45) is 1.15. The number of carbonyl (C=O) groups is 1. The van der Waals surface area contributed by atoms with Crippen molar-refractivity contribution in [2.75, 3.05) is 6.54 Å². The lowest BCUT2D eigenvalue weighted by Crippen LogP contribution is -2.47. The Hall–Kier alpha value is -1.67. The van der Waals surface area contributed by atoms with Crippen molar-refractivity contribution in [2.24, 2.45) is 0 Å². The van der Waals surface area contributed by atoms with Gasteiger partial charge in [0, 0.05) is 6.54 Å². The van der Waals surface area contributed by atoms with Crippen molar-refractivity contribution in [3.63, 3.8) is 0 Å². The van der Waals surface area contributed by atoms with Gasteiger partial charge in [-0.05, 0) is 51.3 Å². The van der Waals surface area contributed by atoms with E-state index in [2.05, 4.69) is 0 Å². The van der Waals surface area contributed by atoms with E-state index in [1.54, 1.807) is 13.8 Å². The van der Waals surface area contributed by atoms with Gasteiger partial charge in [-0.3, -0.25) is 4.79 Å². The molecule has 0 unspecified atom stereocenters. The van der Waals surface area contributed by atoms with E-state index in [1.807, 2.05) is 0 Å². The Morgan fingerprint density at radius 1 is 1.39 bits per heavy atom. The van der Waals surface area contributed by atoms with E-state index in [4.69, 9.17) is 4.74 Å². The maximum absolute atomic E-state index is 13.6. The van der Waals surface area contributed by atoms with E-state index in [1.165, 1.54) is 6.07 Å². The zero-order valence-electron chi connectivity index (χ0n) is 13.0. The molecular formula is C15H20FNO5S. The Morgan fingerprint density at radius 3 is 2.70 bits per heavy atom. The molecule has 2 rings (SSSR count). The molecule has 0 amide bonds. The summed E-state index contributed by atoms with van der Waals surface area (Å²) in [5.74, 6) is -1.89. The first kappa shape index (κ1) is 17.7. The molecule has 1 aliphatic heterocycles. The predicted octanol–water partition coefficient (Wildman–Crippen LogP) is 2.24.